The van der Waals surface area contributed by atoms with E-state index in [1.807, 2.05) is 0 Å². The molecule has 21 heavy (non-hydrogen) atoms. The molecule has 2 rings (SSSR count). The second-order valence-electron chi connectivity index (χ2n) is 4.63. The minimum absolute atomic E-state index is 0.00430. The van der Waals surface area contributed by atoms with Gasteiger partial charge in [-0.2, -0.15) is 13.2 Å². The first kappa shape index (κ1) is 15.4. The van der Waals surface area contributed by atoms with E-state index in [4.69, 9.17) is 9.15 Å². The predicted molar refractivity (Wildman–Crippen MR) is 70.9 cm³/mol. The van der Waals surface area contributed by atoms with Crippen LogP contribution in [0.5, 0.6) is 5.75 Å². The van der Waals surface area contributed by atoms with E-state index in [0.717, 1.165) is 10.5 Å². The fraction of sp³-hybridized carbons (Fsp3) is 0.357. The Labute approximate surface area is 120 Å². The molecule has 1 aromatic heterocycles. The van der Waals surface area contributed by atoms with Gasteiger partial charge < -0.3 is 9.15 Å². The summed E-state index contributed by atoms with van der Waals surface area (Å²) in [6.45, 7) is -1.01. The number of benzene rings is 1. The van der Waals surface area contributed by atoms with E-state index in [1.54, 1.807) is 31.4 Å². The second-order valence-corrected chi connectivity index (χ2v) is 4.63. The maximum Gasteiger partial charge on any atom is 0.401 e. The number of oxazole rings is 1. The monoisotopic (exact) mass is 300 g/mol. The van der Waals surface area contributed by atoms with Crippen LogP contribution in [-0.4, -0.2) is 36.8 Å². The lowest BCUT2D eigenvalue weighted by Gasteiger charge is -2.16. The van der Waals surface area contributed by atoms with Crippen LogP contribution in [0.4, 0.5) is 13.2 Å². The summed E-state index contributed by atoms with van der Waals surface area (Å²) >= 11 is 0. The van der Waals surface area contributed by atoms with Crippen LogP contribution in [0.3, 0.4) is 0 Å². The molecule has 114 valence electrons. The largest absolute Gasteiger partial charge is 0.497 e. The summed E-state index contributed by atoms with van der Waals surface area (Å²) in [6.07, 6.45) is -2.74. The molecule has 0 radical (unpaired) electrons. The number of ether oxygens (including phenoxy) is 1. The van der Waals surface area contributed by atoms with E-state index < -0.39 is 12.7 Å². The molecule has 0 bridgehead atoms. The molecule has 2 aromatic rings. The number of halogens is 3. The van der Waals surface area contributed by atoms with Crippen LogP contribution >= 0.6 is 0 Å². The highest BCUT2D eigenvalue weighted by Crippen LogP contribution is 2.24. The van der Waals surface area contributed by atoms with Crippen molar-refractivity contribution in [3.05, 3.63) is 36.4 Å². The van der Waals surface area contributed by atoms with E-state index in [0.29, 0.717) is 11.5 Å². The average molecular weight is 300 g/mol. The highest BCUT2D eigenvalue weighted by Gasteiger charge is 2.29. The van der Waals surface area contributed by atoms with Gasteiger partial charge in [-0.25, -0.2) is 4.98 Å². The predicted octanol–water partition coefficient (Wildman–Crippen LogP) is 3.34. The van der Waals surface area contributed by atoms with Crippen LogP contribution in [0.25, 0.3) is 11.3 Å². The van der Waals surface area contributed by atoms with Gasteiger partial charge in [0.15, 0.2) is 5.76 Å². The lowest BCUT2D eigenvalue weighted by Crippen LogP contribution is -2.30. The summed E-state index contributed by atoms with van der Waals surface area (Å²) in [6, 6.07) is 7.13. The maximum atomic E-state index is 12.2. The van der Waals surface area contributed by atoms with Gasteiger partial charge in [-0.05, 0) is 31.3 Å². The highest BCUT2D eigenvalue weighted by atomic mass is 19.4. The van der Waals surface area contributed by atoms with Crippen molar-refractivity contribution in [2.75, 3.05) is 20.7 Å². The third-order valence-corrected chi connectivity index (χ3v) is 2.78. The van der Waals surface area contributed by atoms with Crippen molar-refractivity contribution < 1.29 is 22.3 Å². The van der Waals surface area contributed by atoms with Gasteiger partial charge in [0, 0.05) is 5.56 Å². The van der Waals surface area contributed by atoms with Crippen molar-refractivity contribution >= 4 is 0 Å². The highest BCUT2D eigenvalue weighted by molar-refractivity contribution is 5.57. The summed E-state index contributed by atoms with van der Waals surface area (Å²) in [7, 11) is 2.93. The molecule has 0 amide bonds. The third-order valence-electron chi connectivity index (χ3n) is 2.78. The second kappa shape index (κ2) is 6.17. The van der Waals surface area contributed by atoms with Crippen LogP contribution in [0.2, 0.25) is 0 Å². The summed E-state index contributed by atoms with van der Waals surface area (Å²) in [5.41, 5.74) is 0.785. The molecule has 1 aromatic carbocycles. The standard InChI is InChI=1S/C14H15F3N2O2/c1-19(9-14(15,16)17)8-13-18-7-12(21-13)10-3-5-11(20-2)6-4-10/h3-7H,8-9H2,1-2H3. The lowest BCUT2D eigenvalue weighted by atomic mass is 10.2. The van der Waals surface area contributed by atoms with Gasteiger partial charge in [-0.15, -0.1) is 0 Å². The number of alkyl halides is 3. The molecule has 0 unspecified atom stereocenters. The Morgan fingerprint density at radius 2 is 1.90 bits per heavy atom. The number of methoxy groups -OCH3 is 1. The number of rotatable bonds is 5. The Morgan fingerprint density at radius 1 is 1.24 bits per heavy atom. The Hall–Kier alpha value is -2.02. The maximum absolute atomic E-state index is 12.2. The molecule has 0 saturated heterocycles. The first-order valence-corrected chi connectivity index (χ1v) is 6.22. The Bertz CT molecular complexity index is 579. The van der Waals surface area contributed by atoms with Crippen LogP contribution < -0.4 is 4.74 Å². The van der Waals surface area contributed by atoms with Crippen LogP contribution in [0, 0.1) is 0 Å². The molecule has 1 heterocycles. The Balaban J connectivity index is 2.03. The first-order valence-electron chi connectivity index (χ1n) is 6.22. The summed E-state index contributed by atoms with van der Waals surface area (Å²) in [5, 5.41) is 0. The molecule has 0 aliphatic carbocycles. The minimum atomic E-state index is -4.24. The van der Waals surface area contributed by atoms with Gasteiger partial charge in [-0.1, -0.05) is 0 Å². The molecule has 0 fully saturated rings. The van der Waals surface area contributed by atoms with Crippen LogP contribution in [0.15, 0.2) is 34.9 Å². The fourth-order valence-electron chi connectivity index (χ4n) is 1.86. The quantitative estimate of drug-likeness (QED) is 0.849. The zero-order valence-electron chi connectivity index (χ0n) is 11.6. The van der Waals surface area contributed by atoms with Crippen molar-refractivity contribution in [1.82, 2.24) is 9.88 Å². The summed E-state index contributed by atoms with van der Waals surface area (Å²) < 4.78 is 47.3. The minimum Gasteiger partial charge on any atom is -0.497 e. The molecule has 0 saturated carbocycles. The van der Waals surface area contributed by atoms with Gasteiger partial charge in [0.1, 0.15) is 5.75 Å². The summed E-state index contributed by atoms with van der Waals surface area (Å²) in [4.78, 5) is 5.10. The zero-order chi connectivity index (χ0) is 15.5. The van der Waals surface area contributed by atoms with Gasteiger partial charge in [0.25, 0.3) is 0 Å². The zero-order valence-corrected chi connectivity index (χ0v) is 11.6. The number of nitrogens with zero attached hydrogens (tertiary/aromatic N) is 2. The van der Waals surface area contributed by atoms with Crippen LogP contribution in [-0.2, 0) is 6.54 Å². The lowest BCUT2D eigenvalue weighted by molar-refractivity contribution is -0.144. The van der Waals surface area contributed by atoms with Gasteiger partial charge in [0.2, 0.25) is 5.89 Å². The fourth-order valence-corrected chi connectivity index (χ4v) is 1.86. The van der Waals surface area contributed by atoms with Crippen molar-refractivity contribution in [3.63, 3.8) is 0 Å². The molecule has 0 aliphatic rings. The number of hydrogen-bond donors (Lipinski definition) is 0. The molecule has 0 spiro atoms. The molecule has 0 N–H and O–H groups in total. The van der Waals surface area contributed by atoms with E-state index in [-0.39, 0.29) is 12.4 Å². The van der Waals surface area contributed by atoms with Gasteiger partial charge in [-0.3, -0.25) is 4.90 Å². The molecular weight excluding hydrogens is 285 g/mol. The third kappa shape index (κ3) is 4.49. The normalized spacial score (nSPS) is 11.9. The van der Waals surface area contributed by atoms with E-state index in [1.165, 1.54) is 13.2 Å². The van der Waals surface area contributed by atoms with Crippen LogP contribution in [0.1, 0.15) is 5.89 Å². The molecule has 7 heteroatoms. The van der Waals surface area contributed by atoms with Crippen molar-refractivity contribution in [3.8, 4) is 17.1 Å². The van der Waals surface area contributed by atoms with E-state index in [2.05, 4.69) is 4.98 Å². The van der Waals surface area contributed by atoms with Crippen molar-refractivity contribution in [2.24, 2.45) is 0 Å². The van der Waals surface area contributed by atoms with Crippen molar-refractivity contribution in [2.45, 2.75) is 12.7 Å². The van der Waals surface area contributed by atoms with Gasteiger partial charge >= 0.3 is 6.18 Å². The van der Waals surface area contributed by atoms with Crippen molar-refractivity contribution in [1.29, 1.82) is 0 Å². The Kier molecular flexibility index (Phi) is 4.52. The number of hydrogen-bond acceptors (Lipinski definition) is 4. The molecular formula is C14H15F3N2O2. The van der Waals surface area contributed by atoms with Gasteiger partial charge in [0.05, 0.1) is 26.4 Å². The van der Waals surface area contributed by atoms with E-state index in [9.17, 15) is 13.2 Å². The summed E-state index contributed by atoms with van der Waals surface area (Å²) in [5.74, 6) is 1.46. The Morgan fingerprint density at radius 3 is 2.48 bits per heavy atom. The topological polar surface area (TPSA) is 38.5 Å². The first-order chi connectivity index (χ1) is 9.87. The average Bonchev–Trinajstić information content (AvgIpc) is 2.85. The van der Waals surface area contributed by atoms with E-state index >= 15 is 0 Å². The molecule has 0 aliphatic heterocycles. The number of aromatic nitrogens is 1. The SMILES string of the molecule is COc1ccc(-c2cnc(CN(C)CC(F)(F)F)o2)cc1. The molecule has 0 atom stereocenters. The smallest absolute Gasteiger partial charge is 0.401 e. The molecule has 4 nitrogen and oxygen atoms in total.